The molecule has 0 spiro atoms. The average Bonchev–Trinajstić information content (AvgIpc) is 3.40. The summed E-state index contributed by atoms with van der Waals surface area (Å²) in [6.07, 6.45) is 2.01. The predicted octanol–water partition coefficient (Wildman–Crippen LogP) is 1.15. The van der Waals surface area contributed by atoms with Crippen LogP contribution in [0.15, 0.2) is 47.5 Å². The highest BCUT2D eigenvalue weighted by Gasteiger charge is 2.64. The molecule has 0 radical (unpaired) electrons. The third-order valence-corrected chi connectivity index (χ3v) is 5.92. The SMILES string of the molecule is CC[C@]12O[C@@H](n3cc(C)c(NC(=O)c4ccccc4)nc3=O)[C@H](C1O)n1nncc12. The van der Waals surface area contributed by atoms with E-state index < -0.39 is 29.7 Å². The van der Waals surface area contributed by atoms with E-state index >= 15 is 0 Å². The van der Waals surface area contributed by atoms with Crippen molar-refractivity contribution in [2.45, 2.75) is 44.2 Å². The fraction of sp³-hybridized carbons (Fsp3) is 0.350. The van der Waals surface area contributed by atoms with Gasteiger partial charge >= 0.3 is 5.69 Å². The quantitative estimate of drug-likeness (QED) is 0.663. The van der Waals surface area contributed by atoms with Crippen LogP contribution in [0.25, 0.3) is 0 Å². The van der Waals surface area contributed by atoms with Crippen molar-refractivity contribution < 1.29 is 14.6 Å². The zero-order chi connectivity index (χ0) is 21.0. The molecular formula is C20H20N6O4. The van der Waals surface area contributed by atoms with Crippen LogP contribution in [-0.2, 0) is 10.3 Å². The van der Waals surface area contributed by atoms with Crippen LogP contribution in [-0.4, -0.2) is 41.7 Å². The lowest BCUT2D eigenvalue weighted by molar-refractivity contribution is -0.122. The number of fused-ring (bicyclic) bond motifs is 5. The Morgan fingerprint density at radius 3 is 2.83 bits per heavy atom. The molecule has 10 nitrogen and oxygen atoms in total. The van der Waals surface area contributed by atoms with Gasteiger partial charge in [-0.1, -0.05) is 30.3 Å². The third-order valence-electron chi connectivity index (χ3n) is 5.92. The van der Waals surface area contributed by atoms with Crippen LogP contribution in [0.3, 0.4) is 0 Å². The van der Waals surface area contributed by atoms with Gasteiger partial charge in [-0.2, -0.15) is 4.98 Å². The van der Waals surface area contributed by atoms with E-state index in [4.69, 9.17) is 4.74 Å². The van der Waals surface area contributed by atoms with Gasteiger partial charge in [0.05, 0.1) is 11.9 Å². The van der Waals surface area contributed by atoms with Gasteiger partial charge in [0.25, 0.3) is 5.91 Å². The maximum absolute atomic E-state index is 12.8. The Morgan fingerprint density at radius 1 is 1.33 bits per heavy atom. The van der Waals surface area contributed by atoms with Gasteiger partial charge in [-0.15, -0.1) is 5.10 Å². The summed E-state index contributed by atoms with van der Waals surface area (Å²) in [5, 5.41) is 21.6. The molecule has 4 atom stereocenters. The van der Waals surface area contributed by atoms with Crippen LogP contribution in [0.2, 0.25) is 0 Å². The Labute approximate surface area is 171 Å². The first-order valence-corrected chi connectivity index (χ1v) is 9.69. The van der Waals surface area contributed by atoms with Crippen LogP contribution >= 0.6 is 0 Å². The van der Waals surface area contributed by atoms with Crippen molar-refractivity contribution in [3.63, 3.8) is 0 Å². The number of nitrogens with one attached hydrogen (secondary N) is 1. The molecular weight excluding hydrogens is 388 g/mol. The molecule has 1 amide bonds. The van der Waals surface area contributed by atoms with Crippen LogP contribution in [0, 0.1) is 6.92 Å². The Hall–Kier alpha value is -3.37. The number of amides is 1. The van der Waals surface area contributed by atoms with Gasteiger partial charge in [-0.05, 0) is 25.5 Å². The van der Waals surface area contributed by atoms with Gasteiger partial charge in [0.1, 0.15) is 23.6 Å². The summed E-state index contributed by atoms with van der Waals surface area (Å²) >= 11 is 0. The Balaban J connectivity index is 1.48. The minimum atomic E-state index is -0.966. The second-order valence-electron chi connectivity index (χ2n) is 7.53. The summed E-state index contributed by atoms with van der Waals surface area (Å²) < 4.78 is 9.15. The van der Waals surface area contributed by atoms with Crippen molar-refractivity contribution in [3.05, 3.63) is 70.0 Å². The molecule has 2 aliphatic heterocycles. The average molecular weight is 408 g/mol. The molecule has 1 saturated heterocycles. The number of aromatic nitrogens is 5. The second-order valence-corrected chi connectivity index (χ2v) is 7.53. The fourth-order valence-electron chi connectivity index (χ4n) is 4.36. The van der Waals surface area contributed by atoms with E-state index in [0.29, 0.717) is 23.2 Å². The van der Waals surface area contributed by atoms with E-state index in [-0.39, 0.29) is 11.7 Å². The molecule has 1 aromatic carbocycles. The normalized spacial score (nSPS) is 26.6. The molecule has 10 heteroatoms. The molecule has 2 N–H and O–H groups in total. The van der Waals surface area contributed by atoms with Crippen LogP contribution in [0.5, 0.6) is 0 Å². The molecule has 1 unspecified atom stereocenters. The Morgan fingerprint density at radius 2 is 2.10 bits per heavy atom. The zero-order valence-corrected chi connectivity index (χ0v) is 16.4. The fourth-order valence-corrected chi connectivity index (χ4v) is 4.36. The van der Waals surface area contributed by atoms with E-state index in [9.17, 15) is 14.7 Å². The van der Waals surface area contributed by atoms with E-state index in [2.05, 4.69) is 20.6 Å². The van der Waals surface area contributed by atoms with Crippen molar-refractivity contribution in [2.24, 2.45) is 0 Å². The number of rotatable bonds is 4. The van der Waals surface area contributed by atoms with Gasteiger partial charge in [-0.25, -0.2) is 9.48 Å². The maximum atomic E-state index is 12.8. The molecule has 2 aromatic heterocycles. The molecule has 0 aliphatic carbocycles. The molecule has 2 aliphatic rings. The number of hydrogen-bond donors (Lipinski definition) is 2. The van der Waals surface area contributed by atoms with Crippen molar-refractivity contribution >= 4 is 11.7 Å². The summed E-state index contributed by atoms with van der Waals surface area (Å²) in [6.45, 7) is 3.64. The number of aliphatic hydroxyl groups excluding tert-OH is 1. The number of aliphatic hydroxyl groups is 1. The summed E-state index contributed by atoms with van der Waals surface area (Å²) in [6, 6.07) is 8.09. The highest BCUT2D eigenvalue weighted by Crippen LogP contribution is 2.56. The van der Waals surface area contributed by atoms with E-state index in [1.54, 1.807) is 48.3 Å². The minimum absolute atomic E-state index is 0.181. The van der Waals surface area contributed by atoms with Crippen molar-refractivity contribution in [3.8, 4) is 0 Å². The predicted molar refractivity (Wildman–Crippen MR) is 105 cm³/mol. The summed E-state index contributed by atoms with van der Waals surface area (Å²) in [5.41, 5.74) is 0.187. The number of aryl methyl sites for hydroxylation is 1. The van der Waals surface area contributed by atoms with Gasteiger partial charge in [-0.3, -0.25) is 9.36 Å². The number of carbonyl (C=O) groups is 1. The minimum Gasteiger partial charge on any atom is -0.387 e. The lowest BCUT2D eigenvalue weighted by atomic mass is 9.93. The summed E-state index contributed by atoms with van der Waals surface area (Å²) in [5.74, 6) is -0.174. The molecule has 4 heterocycles. The van der Waals surface area contributed by atoms with Crippen LogP contribution in [0.1, 0.15) is 47.2 Å². The van der Waals surface area contributed by atoms with Crippen LogP contribution in [0.4, 0.5) is 5.82 Å². The molecule has 154 valence electrons. The van der Waals surface area contributed by atoms with Gasteiger partial charge in [0.2, 0.25) is 0 Å². The van der Waals surface area contributed by atoms with Gasteiger partial charge in [0.15, 0.2) is 6.23 Å². The van der Waals surface area contributed by atoms with Crippen molar-refractivity contribution in [1.82, 2.24) is 24.5 Å². The molecule has 2 bridgehead atoms. The molecule has 1 fully saturated rings. The topological polar surface area (TPSA) is 124 Å². The molecule has 5 rings (SSSR count). The van der Waals surface area contributed by atoms with Gasteiger partial charge < -0.3 is 15.2 Å². The third kappa shape index (κ3) is 2.47. The highest BCUT2D eigenvalue weighted by atomic mass is 16.6. The number of carbonyl (C=O) groups excluding carboxylic acids is 1. The number of anilines is 1. The maximum Gasteiger partial charge on any atom is 0.351 e. The first kappa shape index (κ1) is 18.6. The van der Waals surface area contributed by atoms with E-state index in [1.807, 2.05) is 13.0 Å². The Kier molecular flexibility index (Phi) is 4.09. The van der Waals surface area contributed by atoms with Gasteiger partial charge in [0, 0.05) is 17.3 Å². The van der Waals surface area contributed by atoms with Crippen molar-refractivity contribution in [1.29, 1.82) is 0 Å². The number of hydrogen-bond acceptors (Lipinski definition) is 7. The zero-order valence-electron chi connectivity index (χ0n) is 16.4. The summed E-state index contributed by atoms with van der Waals surface area (Å²) in [7, 11) is 0. The molecule has 30 heavy (non-hydrogen) atoms. The van der Waals surface area contributed by atoms with Crippen molar-refractivity contribution in [2.75, 3.05) is 5.32 Å². The first-order valence-electron chi connectivity index (χ1n) is 9.69. The second kappa shape index (κ2) is 6.57. The summed E-state index contributed by atoms with van der Waals surface area (Å²) in [4.78, 5) is 29.3. The van der Waals surface area contributed by atoms with E-state index in [1.165, 1.54) is 4.57 Å². The molecule has 3 aromatic rings. The number of benzene rings is 1. The monoisotopic (exact) mass is 408 g/mol. The highest BCUT2D eigenvalue weighted by molar-refractivity contribution is 6.03. The first-order chi connectivity index (χ1) is 14.5. The molecule has 0 saturated carbocycles. The largest absolute Gasteiger partial charge is 0.387 e. The number of nitrogens with zero attached hydrogens (tertiary/aromatic N) is 5. The Bertz CT molecular complexity index is 1190. The lowest BCUT2D eigenvalue weighted by Crippen LogP contribution is -2.37. The number of ether oxygens (including phenoxy) is 1. The van der Waals surface area contributed by atoms with E-state index in [0.717, 1.165) is 0 Å². The standard InChI is InChI=1S/C20H20N6O4/c1-3-20-13-9-21-24-26(13)14(15(20)27)18(30-20)25-10-11(2)16(23-19(25)29)22-17(28)12-7-5-4-6-8-12/h4-10,14-15,18,27H,3H2,1-2H3,(H,22,23,28,29)/t14-,15?,18+,20+/m0/s1. The lowest BCUT2D eigenvalue weighted by Gasteiger charge is -2.30. The van der Waals surface area contributed by atoms with Crippen LogP contribution < -0.4 is 11.0 Å². The smallest absolute Gasteiger partial charge is 0.351 e.